The summed E-state index contributed by atoms with van der Waals surface area (Å²) < 4.78 is 5.76. The van der Waals surface area contributed by atoms with Crippen molar-refractivity contribution in [1.29, 1.82) is 0 Å². The van der Waals surface area contributed by atoms with E-state index >= 15 is 0 Å². The number of aliphatic hydroxyl groups excluding tert-OH is 1. The minimum Gasteiger partial charge on any atom is -0.491 e. The van der Waals surface area contributed by atoms with Crippen molar-refractivity contribution in [1.82, 2.24) is 0 Å². The van der Waals surface area contributed by atoms with Crippen molar-refractivity contribution in [3.63, 3.8) is 0 Å². The summed E-state index contributed by atoms with van der Waals surface area (Å²) in [7, 11) is 0. The van der Waals surface area contributed by atoms with E-state index < -0.39 is 6.10 Å². The van der Waals surface area contributed by atoms with Crippen LogP contribution in [0.25, 0.3) is 0 Å². The highest BCUT2D eigenvalue weighted by Gasteiger charge is 2.08. The normalized spacial score (nSPS) is 11.8. The molecule has 2 N–H and O–H groups in total. The van der Waals surface area contributed by atoms with Gasteiger partial charge in [-0.3, -0.25) is 0 Å². The zero-order chi connectivity index (χ0) is 16.7. The zero-order valence-corrected chi connectivity index (χ0v) is 13.9. The average Bonchev–Trinajstić information content (AvgIpc) is 2.55. The maximum absolute atomic E-state index is 10.1. The molecule has 0 fully saturated rings. The minimum absolute atomic E-state index is 0.256. The topological polar surface area (TPSA) is 41.5 Å². The van der Waals surface area contributed by atoms with Crippen molar-refractivity contribution < 1.29 is 9.84 Å². The lowest BCUT2D eigenvalue weighted by Crippen LogP contribution is -2.26. The molecule has 0 aliphatic carbocycles. The Morgan fingerprint density at radius 2 is 1.96 bits per heavy atom. The predicted molar refractivity (Wildman–Crippen MR) is 96.3 cm³/mol. The fraction of sp³-hybridized carbons (Fsp3) is 0.300. The number of hydrogen-bond donors (Lipinski definition) is 2. The monoisotopic (exact) mass is 311 g/mol. The van der Waals surface area contributed by atoms with E-state index in [1.54, 1.807) is 0 Å². The Kier molecular flexibility index (Phi) is 6.24. The van der Waals surface area contributed by atoms with Crippen molar-refractivity contribution in [2.75, 3.05) is 18.5 Å². The summed E-state index contributed by atoms with van der Waals surface area (Å²) in [4.78, 5) is 0. The lowest BCUT2D eigenvalue weighted by atomic mass is 10.1. The Labute approximate surface area is 138 Å². The van der Waals surface area contributed by atoms with Gasteiger partial charge >= 0.3 is 0 Å². The molecule has 0 aromatic heterocycles. The van der Waals surface area contributed by atoms with Gasteiger partial charge in [0.1, 0.15) is 18.5 Å². The second-order valence-electron chi connectivity index (χ2n) is 5.69. The summed E-state index contributed by atoms with van der Waals surface area (Å²) in [6.45, 7) is 8.62. The fourth-order valence-corrected chi connectivity index (χ4v) is 2.38. The third-order valence-corrected chi connectivity index (χ3v) is 3.90. The number of allylic oxidation sites excluding steroid dienone is 1. The molecule has 122 valence electrons. The van der Waals surface area contributed by atoms with E-state index in [2.05, 4.69) is 31.8 Å². The molecule has 0 bridgehead atoms. The van der Waals surface area contributed by atoms with Crippen molar-refractivity contribution in [3.8, 4) is 5.75 Å². The Bertz CT molecular complexity index is 652. The number of para-hydroxylation sites is 1. The standard InChI is InChI=1S/C20H25NO2/c1-4-8-17-10-5-6-12-20(17)23-14-18(22)13-21-19-11-7-9-15(2)16(19)3/h4-7,9-12,18,21-22H,1,8,13-14H2,2-3H3. The molecule has 1 unspecified atom stereocenters. The summed E-state index contributed by atoms with van der Waals surface area (Å²) >= 11 is 0. The molecule has 0 aliphatic heterocycles. The Morgan fingerprint density at radius 1 is 1.17 bits per heavy atom. The van der Waals surface area contributed by atoms with E-state index in [9.17, 15) is 5.11 Å². The first-order chi connectivity index (χ1) is 11.1. The predicted octanol–water partition coefficient (Wildman–Crippen LogP) is 3.88. The average molecular weight is 311 g/mol. The van der Waals surface area contributed by atoms with Crippen molar-refractivity contribution in [2.24, 2.45) is 0 Å². The molecule has 2 aromatic carbocycles. The number of aryl methyl sites for hydroxylation is 1. The molecular formula is C20H25NO2. The maximum atomic E-state index is 10.1. The molecule has 1 atom stereocenters. The van der Waals surface area contributed by atoms with Crippen LogP contribution in [0.1, 0.15) is 16.7 Å². The smallest absolute Gasteiger partial charge is 0.122 e. The number of benzene rings is 2. The summed E-state index contributed by atoms with van der Waals surface area (Å²) in [5, 5.41) is 13.4. The van der Waals surface area contributed by atoms with Crippen LogP contribution in [0.2, 0.25) is 0 Å². The molecule has 0 saturated heterocycles. The molecular weight excluding hydrogens is 286 g/mol. The first-order valence-corrected chi connectivity index (χ1v) is 7.91. The number of hydrogen-bond acceptors (Lipinski definition) is 3. The van der Waals surface area contributed by atoms with E-state index in [4.69, 9.17) is 4.74 Å². The van der Waals surface area contributed by atoms with Gasteiger partial charge in [0, 0.05) is 12.2 Å². The van der Waals surface area contributed by atoms with E-state index in [0.29, 0.717) is 6.54 Å². The second kappa shape index (κ2) is 8.39. The van der Waals surface area contributed by atoms with E-state index in [1.165, 1.54) is 11.1 Å². The van der Waals surface area contributed by atoms with Gasteiger partial charge in [0.15, 0.2) is 0 Å². The zero-order valence-electron chi connectivity index (χ0n) is 13.9. The highest BCUT2D eigenvalue weighted by Crippen LogP contribution is 2.20. The lowest BCUT2D eigenvalue weighted by Gasteiger charge is -2.17. The van der Waals surface area contributed by atoms with E-state index in [0.717, 1.165) is 23.4 Å². The summed E-state index contributed by atoms with van der Waals surface area (Å²) in [6.07, 6.45) is 2.03. The van der Waals surface area contributed by atoms with Crippen LogP contribution in [0, 0.1) is 13.8 Å². The number of rotatable bonds is 8. The first kappa shape index (κ1) is 17.1. The van der Waals surface area contributed by atoms with Crippen LogP contribution in [0.15, 0.2) is 55.1 Å². The van der Waals surface area contributed by atoms with Crippen LogP contribution < -0.4 is 10.1 Å². The number of ether oxygens (including phenoxy) is 1. The summed E-state index contributed by atoms with van der Waals surface area (Å²) in [5.41, 5.74) is 4.57. The third-order valence-electron chi connectivity index (χ3n) is 3.90. The van der Waals surface area contributed by atoms with E-state index in [-0.39, 0.29) is 6.61 Å². The number of anilines is 1. The largest absolute Gasteiger partial charge is 0.491 e. The minimum atomic E-state index is -0.577. The van der Waals surface area contributed by atoms with Gasteiger partial charge in [-0.2, -0.15) is 0 Å². The van der Waals surface area contributed by atoms with Crippen molar-refractivity contribution >= 4 is 5.69 Å². The summed E-state index contributed by atoms with van der Waals surface area (Å²) in [6, 6.07) is 14.0. The van der Waals surface area contributed by atoms with Crippen LogP contribution >= 0.6 is 0 Å². The van der Waals surface area contributed by atoms with Crippen molar-refractivity contribution in [2.45, 2.75) is 26.4 Å². The molecule has 3 nitrogen and oxygen atoms in total. The van der Waals surface area contributed by atoms with Gasteiger partial charge in [-0.25, -0.2) is 0 Å². The van der Waals surface area contributed by atoms with Gasteiger partial charge in [0.05, 0.1) is 0 Å². The molecule has 23 heavy (non-hydrogen) atoms. The van der Waals surface area contributed by atoms with Gasteiger partial charge in [-0.1, -0.05) is 36.4 Å². The van der Waals surface area contributed by atoms with Crippen LogP contribution in [-0.2, 0) is 6.42 Å². The van der Waals surface area contributed by atoms with Gasteiger partial charge in [-0.05, 0) is 49.1 Å². The Morgan fingerprint density at radius 3 is 2.74 bits per heavy atom. The first-order valence-electron chi connectivity index (χ1n) is 7.91. The van der Waals surface area contributed by atoms with Crippen LogP contribution in [0.3, 0.4) is 0 Å². The third kappa shape index (κ3) is 4.86. The molecule has 0 radical (unpaired) electrons. The van der Waals surface area contributed by atoms with Gasteiger partial charge in [0.25, 0.3) is 0 Å². The molecule has 2 aromatic rings. The van der Waals surface area contributed by atoms with E-state index in [1.807, 2.05) is 42.5 Å². The number of nitrogens with one attached hydrogen (secondary N) is 1. The molecule has 0 heterocycles. The molecule has 0 saturated carbocycles. The van der Waals surface area contributed by atoms with Crippen molar-refractivity contribution in [3.05, 3.63) is 71.8 Å². The molecule has 0 amide bonds. The second-order valence-corrected chi connectivity index (χ2v) is 5.69. The van der Waals surface area contributed by atoms with Crippen LogP contribution in [0.5, 0.6) is 5.75 Å². The fourth-order valence-electron chi connectivity index (χ4n) is 2.38. The Balaban J connectivity index is 1.87. The van der Waals surface area contributed by atoms with Crippen LogP contribution in [-0.4, -0.2) is 24.4 Å². The van der Waals surface area contributed by atoms with Gasteiger partial charge < -0.3 is 15.2 Å². The Hall–Kier alpha value is -2.26. The maximum Gasteiger partial charge on any atom is 0.122 e. The molecule has 2 rings (SSSR count). The summed E-state index contributed by atoms with van der Waals surface area (Å²) in [5.74, 6) is 0.804. The van der Waals surface area contributed by atoms with Crippen LogP contribution in [0.4, 0.5) is 5.69 Å². The molecule has 0 aliphatic rings. The highest BCUT2D eigenvalue weighted by atomic mass is 16.5. The lowest BCUT2D eigenvalue weighted by molar-refractivity contribution is 0.117. The number of aliphatic hydroxyl groups is 1. The molecule has 0 spiro atoms. The molecule has 3 heteroatoms. The SMILES string of the molecule is C=CCc1ccccc1OCC(O)CNc1cccc(C)c1C. The quantitative estimate of drug-likeness (QED) is 0.727. The van der Waals surface area contributed by atoms with Gasteiger partial charge in [-0.15, -0.1) is 6.58 Å². The highest BCUT2D eigenvalue weighted by molar-refractivity contribution is 5.53. The van der Waals surface area contributed by atoms with Gasteiger partial charge in [0.2, 0.25) is 0 Å².